The zero-order valence-electron chi connectivity index (χ0n) is 22.8. The van der Waals surface area contributed by atoms with Crippen molar-refractivity contribution in [3.05, 3.63) is 70.5 Å². The average molecular weight is 627 g/mol. The van der Waals surface area contributed by atoms with Crippen LogP contribution in [0.3, 0.4) is 0 Å². The van der Waals surface area contributed by atoms with E-state index in [2.05, 4.69) is 39.9 Å². The molecule has 0 amide bonds. The third kappa shape index (κ3) is 8.27. The summed E-state index contributed by atoms with van der Waals surface area (Å²) in [4.78, 5) is 9.23. The molecule has 5 rings (SSSR count). The summed E-state index contributed by atoms with van der Waals surface area (Å²) in [6.07, 6.45) is 13.8. The molecule has 0 aliphatic heterocycles. The number of hydrogen-bond acceptors (Lipinski definition) is 5. The summed E-state index contributed by atoms with van der Waals surface area (Å²) in [7, 11) is 0. The minimum absolute atomic E-state index is 0. The number of nitrogens with zero attached hydrogens (tertiary/aromatic N) is 2. The van der Waals surface area contributed by atoms with E-state index in [1.54, 1.807) is 6.20 Å². The van der Waals surface area contributed by atoms with Gasteiger partial charge in [0.15, 0.2) is 0 Å². The average Bonchev–Trinajstić information content (AvgIpc) is 2.93. The van der Waals surface area contributed by atoms with Gasteiger partial charge in [0.25, 0.3) is 0 Å². The number of aryl methyl sites for hydroxylation is 1. The van der Waals surface area contributed by atoms with Gasteiger partial charge in [-0.25, -0.2) is 0 Å². The Hall–Kier alpha value is -2.02. The molecule has 1 aliphatic carbocycles. The summed E-state index contributed by atoms with van der Waals surface area (Å²) in [5, 5.41) is 20.4. The van der Waals surface area contributed by atoms with Crippen molar-refractivity contribution in [3.8, 4) is 5.75 Å². The molecule has 0 saturated heterocycles. The normalized spacial score (nSPS) is 12.2. The number of unbranched alkanes of at least 4 members (excludes halogenated alkanes) is 5. The van der Waals surface area contributed by atoms with Crippen LogP contribution in [0.5, 0.6) is 5.75 Å². The van der Waals surface area contributed by atoms with Crippen LogP contribution < -0.4 is 10.6 Å². The Balaban J connectivity index is 0.00000187. The topological polar surface area (TPSA) is 70.1 Å². The molecule has 2 heterocycles. The Labute approximate surface area is 261 Å². The molecule has 0 radical (unpaired) electrons. The fourth-order valence-electron chi connectivity index (χ4n) is 5.47. The summed E-state index contributed by atoms with van der Waals surface area (Å²) in [5.74, 6) is 0.224. The molecule has 0 fully saturated rings. The summed E-state index contributed by atoms with van der Waals surface area (Å²) < 4.78 is 0. The zero-order chi connectivity index (χ0) is 25.5. The second-order valence-corrected chi connectivity index (χ2v) is 10.5. The SMILES string of the molecule is Cl.Cl.Cl.Oc1c(CNCCCCCCCCNc2c3c(nc4ccccc24)CCCC3)cc(Cl)c2cccnc12. The van der Waals surface area contributed by atoms with Gasteiger partial charge in [0, 0.05) is 47.0 Å². The van der Waals surface area contributed by atoms with E-state index < -0.39 is 0 Å². The van der Waals surface area contributed by atoms with Gasteiger partial charge in [0.1, 0.15) is 11.3 Å². The monoisotopic (exact) mass is 624 g/mol. The molecule has 4 aromatic rings. The molecule has 5 nitrogen and oxygen atoms in total. The quantitative estimate of drug-likeness (QED) is 0.137. The van der Waals surface area contributed by atoms with Gasteiger partial charge in [0.2, 0.25) is 0 Å². The number of anilines is 1. The van der Waals surface area contributed by atoms with Gasteiger partial charge < -0.3 is 15.7 Å². The van der Waals surface area contributed by atoms with E-state index in [1.807, 2.05) is 18.2 Å². The molecular formula is C31H40Cl4N4O. The molecule has 0 atom stereocenters. The molecule has 2 aromatic heterocycles. The fraction of sp³-hybridized carbons (Fsp3) is 0.419. The van der Waals surface area contributed by atoms with Crippen LogP contribution in [0.4, 0.5) is 5.69 Å². The van der Waals surface area contributed by atoms with Gasteiger partial charge in [-0.3, -0.25) is 9.97 Å². The summed E-state index contributed by atoms with van der Waals surface area (Å²) in [6, 6.07) is 14.1. The first-order chi connectivity index (χ1) is 18.2. The highest BCUT2D eigenvalue weighted by molar-refractivity contribution is 6.35. The van der Waals surface area contributed by atoms with Crippen molar-refractivity contribution < 1.29 is 5.11 Å². The maximum atomic E-state index is 10.5. The number of nitrogens with one attached hydrogen (secondary N) is 2. The predicted octanol–water partition coefficient (Wildman–Crippen LogP) is 8.83. The number of para-hydroxylation sites is 1. The van der Waals surface area contributed by atoms with Gasteiger partial charge in [-0.1, -0.05) is 55.5 Å². The van der Waals surface area contributed by atoms with E-state index in [1.165, 1.54) is 67.3 Å². The molecule has 40 heavy (non-hydrogen) atoms. The van der Waals surface area contributed by atoms with Gasteiger partial charge in [-0.2, -0.15) is 0 Å². The van der Waals surface area contributed by atoms with Crippen LogP contribution in [-0.4, -0.2) is 28.2 Å². The number of benzene rings is 2. The Bertz CT molecular complexity index is 1370. The molecule has 0 saturated carbocycles. The van der Waals surface area contributed by atoms with Crippen LogP contribution in [0.15, 0.2) is 48.7 Å². The molecule has 0 spiro atoms. The Morgan fingerprint density at radius 3 is 2.35 bits per heavy atom. The Morgan fingerprint density at radius 1 is 0.825 bits per heavy atom. The number of hydrogen-bond donors (Lipinski definition) is 3. The molecule has 218 valence electrons. The Morgan fingerprint density at radius 2 is 1.52 bits per heavy atom. The maximum absolute atomic E-state index is 10.5. The van der Waals surface area contributed by atoms with Crippen LogP contribution in [0.1, 0.15) is 68.2 Å². The lowest BCUT2D eigenvalue weighted by molar-refractivity contribution is 0.468. The number of pyridine rings is 2. The number of fused-ring (bicyclic) bond motifs is 3. The highest BCUT2D eigenvalue weighted by Gasteiger charge is 2.17. The van der Waals surface area contributed by atoms with Crippen molar-refractivity contribution in [2.24, 2.45) is 0 Å². The van der Waals surface area contributed by atoms with E-state index in [4.69, 9.17) is 16.6 Å². The number of aromatic hydroxyl groups is 1. The van der Waals surface area contributed by atoms with Crippen LogP contribution in [0.25, 0.3) is 21.8 Å². The molecule has 0 unspecified atom stereocenters. The molecular weight excluding hydrogens is 586 g/mol. The summed E-state index contributed by atoms with van der Waals surface area (Å²) in [5.41, 5.74) is 6.57. The number of rotatable bonds is 12. The molecule has 2 aromatic carbocycles. The van der Waals surface area contributed by atoms with E-state index in [0.717, 1.165) is 48.8 Å². The van der Waals surface area contributed by atoms with Crippen molar-refractivity contribution in [2.75, 3.05) is 18.4 Å². The van der Waals surface area contributed by atoms with E-state index in [-0.39, 0.29) is 43.0 Å². The number of aromatic nitrogens is 2. The third-order valence-corrected chi connectivity index (χ3v) is 7.77. The van der Waals surface area contributed by atoms with Crippen molar-refractivity contribution >= 4 is 76.3 Å². The fourth-order valence-corrected chi connectivity index (χ4v) is 5.75. The van der Waals surface area contributed by atoms with Crippen LogP contribution in [0.2, 0.25) is 5.02 Å². The van der Waals surface area contributed by atoms with Crippen molar-refractivity contribution in [1.29, 1.82) is 0 Å². The molecule has 1 aliphatic rings. The first-order valence-corrected chi connectivity index (χ1v) is 14.2. The lowest BCUT2D eigenvalue weighted by atomic mass is 9.92. The second kappa shape index (κ2) is 17.1. The smallest absolute Gasteiger partial charge is 0.146 e. The third-order valence-electron chi connectivity index (χ3n) is 7.46. The van der Waals surface area contributed by atoms with Crippen LogP contribution in [0, 0.1) is 0 Å². The zero-order valence-corrected chi connectivity index (χ0v) is 26.0. The minimum atomic E-state index is 0. The largest absolute Gasteiger partial charge is 0.505 e. The van der Waals surface area contributed by atoms with Gasteiger partial charge in [0.05, 0.1) is 10.5 Å². The number of halogens is 4. The van der Waals surface area contributed by atoms with Gasteiger partial charge in [-0.15, -0.1) is 37.2 Å². The van der Waals surface area contributed by atoms with Crippen LogP contribution >= 0.6 is 48.8 Å². The predicted molar refractivity (Wildman–Crippen MR) is 176 cm³/mol. The van der Waals surface area contributed by atoms with E-state index in [9.17, 15) is 5.11 Å². The van der Waals surface area contributed by atoms with Gasteiger partial charge >= 0.3 is 0 Å². The maximum Gasteiger partial charge on any atom is 0.146 e. The van der Waals surface area contributed by atoms with Gasteiger partial charge in [-0.05, 0) is 74.9 Å². The summed E-state index contributed by atoms with van der Waals surface area (Å²) in [6.45, 7) is 2.55. The summed E-state index contributed by atoms with van der Waals surface area (Å²) >= 11 is 6.37. The Kier molecular flexibility index (Phi) is 14.6. The molecule has 9 heteroatoms. The minimum Gasteiger partial charge on any atom is -0.505 e. The molecule has 0 bridgehead atoms. The van der Waals surface area contributed by atoms with Crippen molar-refractivity contribution in [1.82, 2.24) is 15.3 Å². The standard InChI is InChI=1S/C31H37ClN4O.3ClH/c32-26-20-22(31(37)30-23(26)14-11-19-35-30)21-33-17-9-3-1-2-4-10-18-34-29-24-12-5-7-15-27(24)36-28-16-8-6-13-25(28)29;;;/h5,7,11-12,14-15,19-20,33,37H,1-4,6,8-10,13,16-18,21H2,(H,34,36);3*1H. The second-order valence-electron chi connectivity index (χ2n) is 10.1. The highest BCUT2D eigenvalue weighted by Crippen LogP contribution is 2.34. The lowest BCUT2D eigenvalue weighted by Gasteiger charge is -2.21. The first-order valence-electron chi connectivity index (χ1n) is 13.8. The molecule has 3 N–H and O–H groups in total. The van der Waals surface area contributed by atoms with Crippen molar-refractivity contribution in [2.45, 2.75) is 70.8 Å². The first kappa shape index (κ1) is 34.2. The highest BCUT2D eigenvalue weighted by atomic mass is 35.5. The van der Waals surface area contributed by atoms with E-state index >= 15 is 0 Å². The van der Waals surface area contributed by atoms with Crippen molar-refractivity contribution in [3.63, 3.8) is 0 Å². The lowest BCUT2D eigenvalue weighted by Crippen LogP contribution is -2.15. The van der Waals surface area contributed by atoms with E-state index in [0.29, 0.717) is 17.1 Å². The van der Waals surface area contributed by atoms with Crippen LogP contribution in [-0.2, 0) is 19.4 Å². The number of phenols is 1. The number of phenolic OH excluding ortho intramolecular Hbond substituents is 1.